The number of benzene rings is 3. The molecule has 202 valence electrons. The number of hydrogen-bond acceptors (Lipinski definition) is 2. The highest BCUT2D eigenvalue weighted by molar-refractivity contribution is 6.01. The predicted octanol–water partition coefficient (Wildman–Crippen LogP) is 9.94. The van der Waals surface area contributed by atoms with Crippen molar-refractivity contribution in [2.45, 2.75) is 46.1 Å². The zero-order valence-corrected chi connectivity index (χ0v) is 24.3. The quantitative estimate of drug-likeness (QED) is 0.271. The van der Waals surface area contributed by atoms with Gasteiger partial charge in [0.15, 0.2) is 0 Å². The Morgan fingerprint density at radius 2 is 1.80 bits per heavy atom. The molecule has 2 heteroatoms. The van der Waals surface area contributed by atoms with Gasteiger partial charge in [0, 0.05) is 35.1 Å². The molecule has 3 aromatic carbocycles. The molecule has 0 saturated heterocycles. The van der Waals surface area contributed by atoms with E-state index in [1.807, 2.05) is 6.08 Å². The normalized spacial score (nSPS) is 16.9. The molecule has 1 atom stereocenters. The van der Waals surface area contributed by atoms with Crippen molar-refractivity contribution in [1.82, 2.24) is 0 Å². The Balaban J connectivity index is 1.53. The van der Waals surface area contributed by atoms with E-state index in [2.05, 4.69) is 153 Å². The van der Waals surface area contributed by atoms with Crippen LogP contribution in [0.4, 0.5) is 11.4 Å². The maximum Gasteiger partial charge on any atom is 0.0536 e. The number of likely N-dealkylation sites (N-methyl/N-ethyl adjacent to an activating group) is 1. The predicted molar refractivity (Wildman–Crippen MR) is 177 cm³/mol. The van der Waals surface area contributed by atoms with Crippen molar-refractivity contribution in [2.24, 2.45) is 0 Å². The lowest BCUT2D eigenvalue weighted by Crippen LogP contribution is -2.32. The average Bonchev–Trinajstić information content (AvgIpc) is 2.99. The summed E-state index contributed by atoms with van der Waals surface area (Å²) in [6.45, 7) is 10.3. The van der Waals surface area contributed by atoms with Crippen LogP contribution in [0.3, 0.4) is 0 Å². The number of allylic oxidation sites excluding steroid dienone is 7. The Hall–Kier alpha value is -4.30. The van der Waals surface area contributed by atoms with Gasteiger partial charge in [-0.1, -0.05) is 91.6 Å². The highest BCUT2D eigenvalue weighted by Gasteiger charge is 2.23. The molecule has 0 N–H and O–H groups in total. The van der Waals surface area contributed by atoms with Gasteiger partial charge in [0.1, 0.15) is 0 Å². The molecule has 0 spiro atoms. The summed E-state index contributed by atoms with van der Waals surface area (Å²) in [6, 6.07) is 18.1. The van der Waals surface area contributed by atoms with Crippen LogP contribution >= 0.6 is 0 Å². The second-order valence-electron chi connectivity index (χ2n) is 10.5. The number of fused-ring (bicyclic) bond motifs is 3. The van der Waals surface area contributed by atoms with Crippen molar-refractivity contribution < 1.29 is 0 Å². The van der Waals surface area contributed by atoms with Gasteiger partial charge >= 0.3 is 0 Å². The maximum absolute atomic E-state index is 4.01. The van der Waals surface area contributed by atoms with Crippen LogP contribution < -0.4 is 9.80 Å². The van der Waals surface area contributed by atoms with E-state index < -0.39 is 0 Å². The summed E-state index contributed by atoms with van der Waals surface area (Å²) in [5.41, 5.74) is 10.1. The van der Waals surface area contributed by atoms with Gasteiger partial charge < -0.3 is 9.80 Å². The lowest BCUT2D eigenvalue weighted by Gasteiger charge is -2.34. The minimum absolute atomic E-state index is 0.271. The highest BCUT2D eigenvalue weighted by Crippen LogP contribution is 2.38. The number of nitrogens with zero attached hydrogens (tertiary/aromatic N) is 2. The van der Waals surface area contributed by atoms with E-state index in [-0.39, 0.29) is 6.04 Å². The molecule has 2 aliphatic carbocycles. The molecular weight excluding hydrogens is 484 g/mol. The Morgan fingerprint density at radius 1 is 0.975 bits per heavy atom. The van der Waals surface area contributed by atoms with E-state index in [9.17, 15) is 0 Å². The van der Waals surface area contributed by atoms with Crippen LogP contribution in [0.1, 0.15) is 48.9 Å². The van der Waals surface area contributed by atoms with Gasteiger partial charge in [-0.15, -0.1) is 0 Å². The van der Waals surface area contributed by atoms with Crippen molar-refractivity contribution in [3.63, 3.8) is 0 Å². The van der Waals surface area contributed by atoms with Crippen LogP contribution in [-0.2, 0) is 6.42 Å². The molecule has 0 radical (unpaired) electrons. The van der Waals surface area contributed by atoms with Crippen LogP contribution in [0.15, 0.2) is 121 Å². The SMILES string of the molecule is C=C/C=C(\C=C/C)N(C1=CCC(N(C)c2cc3c(c4ccccc24)C=CCC3)C=C1)c1cccc(C)c1/C=C\C. The fraction of sp³-hybridized carbons (Fsp3) is 0.211. The highest BCUT2D eigenvalue weighted by atomic mass is 15.2. The molecule has 2 nitrogen and oxygen atoms in total. The fourth-order valence-electron chi connectivity index (χ4n) is 5.97. The first-order valence-corrected chi connectivity index (χ1v) is 14.4. The number of anilines is 2. The Kier molecular flexibility index (Phi) is 8.36. The molecule has 5 rings (SSSR count). The van der Waals surface area contributed by atoms with E-state index in [1.54, 1.807) is 0 Å². The van der Waals surface area contributed by atoms with Gasteiger partial charge in [-0.25, -0.2) is 0 Å². The van der Waals surface area contributed by atoms with E-state index in [0.717, 1.165) is 25.0 Å². The first kappa shape index (κ1) is 27.3. The largest absolute Gasteiger partial charge is 0.367 e. The first-order chi connectivity index (χ1) is 19.6. The topological polar surface area (TPSA) is 6.48 Å². The molecule has 0 amide bonds. The third-order valence-electron chi connectivity index (χ3n) is 7.97. The molecule has 2 aliphatic rings. The van der Waals surface area contributed by atoms with Crippen LogP contribution in [-0.4, -0.2) is 13.1 Å². The van der Waals surface area contributed by atoms with E-state index >= 15 is 0 Å². The van der Waals surface area contributed by atoms with Gasteiger partial charge in [-0.05, 0) is 92.5 Å². The van der Waals surface area contributed by atoms with Gasteiger partial charge in [0.05, 0.1) is 11.7 Å². The minimum Gasteiger partial charge on any atom is -0.367 e. The smallest absolute Gasteiger partial charge is 0.0536 e. The zero-order valence-electron chi connectivity index (χ0n) is 24.3. The Bertz CT molecular complexity index is 1590. The van der Waals surface area contributed by atoms with E-state index in [4.69, 9.17) is 0 Å². The van der Waals surface area contributed by atoms with Gasteiger partial charge in [-0.3, -0.25) is 0 Å². The molecule has 0 heterocycles. The summed E-state index contributed by atoms with van der Waals surface area (Å²) in [6.07, 6.45) is 27.3. The van der Waals surface area contributed by atoms with Crippen LogP contribution in [0, 0.1) is 6.92 Å². The third-order valence-corrected chi connectivity index (χ3v) is 7.97. The molecule has 0 saturated carbocycles. The van der Waals surface area contributed by atoms with Crippen LogP contribution in [0.25, 0.3) is 22.9 Å². The molecule has 0 bridgehead atoms. The molecule has 0 aliphatic heterocycles. The lowest BCUT2D eigenvalue weighted by atomic mass is 9.90. The van der Waals surface area contributed by atoms with Crippen LogP contribution in [0.5, 0.6) is 0 Å². The molecule has 40 heavy (non-hydrogen) atoms. The van der Waals surface area contributed by atoms with Gasteiger partial charge in [-0.2, -0.15) is 0 Å². The standard InChI is InChI=1S/C38H40N2/c1-6-14-31(15-7-2)40(37-22-13-17-28(4)33(37)16-8-3)32-25-23-30(24-26-32)39(5)38-27-29-18-9-10-19-34(29)35-20-11-12-21-36(35)38/h6-8,10-17,19-23,25-27,30H,1,9,18,24H2,2-5H3/b15-7-,16-8-,31-14+. The Labute approximate surface area is 240 Å². The second-order valence-corrected chi connectivity index (χ2v) is 10.5. The fourth-order valence-corrected chi connectivity index (χ4v) is 5.97. The summed E-state index contributed by atoms with van der Waals surface area (Å²) >= 11 is 0. The van der Waals surface area contributed by atoms with Gasteiger partial charge in [0.2, 0.25) is 0 Å². The Morgan fingerprint density at radius 3 is 2.52 bits per heavy atom. The third kappa shape index (κ3) is 5.27. The summed E-state index contributed by atoms with van der Waals surface area (Å²) in [5.74, 6) is 0. The van der Waals surface area contributed by atoms with E-state index in [0.29, 0.717) is 0 Å². The summed E-state index contributed by atoms with van der Waals surface area (Å²) in [5, 5.41) is 2.67. The minimum atomic E-state index is 0.271. The lowest BCUT2D eigenvalue weighted by molar-refractivity contribution is 0.747. The maximum atomic E-state index is 4.01. The summed E-state index contributed by atoms with van der Waals surface area (Å²) < 4.78 is 0. The number of aryl methyl sites for hydroxylation is 2. The molecular formula is C38H40N2. The number of hydrogen-bond donors (Lipinski definition) is 0. The second kappa shape index (κ2) is 12.3. The van der Waals surface area contributed by atoms with Crippen molar-refractivity contribution in [3.8, 4) is 0 Å². The molecule has 3 aromatic rings. The van der Waals surface area contributed by atoms with Crippen molar-refractivity contribution in [3.05, 3.63) is 143 Å². The van der Waals surface area contributed by atoms with Crippen molar-refractivity contribution in [1.29, 1.82) is 0 Å². The first-order valence-electron chi connectivity index (χ1n) is 14.4. The van der Waals surface area contributed by atoms with E-state index in [1.165, 1.54) is 50.1 Å². The summed E-state index contributed by atoms with van der Waals surface area (Å²) in [4.78, 5) is 4.82. The zero-order chi connectivity index (χ0) is 28.1. The van der Waals surface area contributed by atoms with Crippen molar-refractivity contribution >= 4 is 34.3 Å². The van der Waals surface area contributed by atoms with Gasteiger partial charge in [0.25, 0.3) is 0 Å². The molecule has 1 unspecified atom stereocenters. The average molecular weight is 525 g/mol. The van der Waals surface area contributed by atoms with Crippen molar-refractivity contribution in [2.75, 3.05) is 16.8 Å². The molecule has 0 aromatic heterocycles. The van der Waals surface area contributed by atoms with Crippen LogP contribution in [0.2, 0.25) is 0 Å². The number of rotatable bonds is 8. The summed E-state index contributed by atoms with van der Waals surface area (Å²) in [7, 11) is 2.24. The molecule has 0 fully saturated rings. The monoisotopic (exact) mass is 524 g/mol.